The molecule has 0 saturated heterocycles. The monoisotopic (exact) mass is 351 g/mol. The number of methoxy groups -OCH3 is 1. The lowest BCUT2D eigenvalue weighted by atomic mass is 9.97. The molecule has 0 aromatic heterocycles. The van der Waals surface area contributed by atoms with Crippen LogP contribution in [0.2, 0.25) is 0 Å². The topological polar surface area (TPSA) is 62.0 Å². The van der Waals surface area contributed by atoms with Crippen LogP contribution >= 0.6 is 0 Å². The van der Waals surface area contributed by atoms with E-state index in [-0.39, 0.29) is 11.5 Å². The van der Waals surface area contributed by atoms with Gasteiger partial charge < -0.3 is 15.1 Å². The van der Waals surface area contributed by atoms with Gasteiger partial charge in [-0.05, 0) is 41.0 Å². The zero-order valence-corrected chi connectivity index (χ0v) is 14.2. The fourth-order valence-corrected chi connectivity index (χ4v) is 2.77. The van der Waals surface area contributed by atoms with E-state index < -0.39 is 5.82 Å². The first kappa shape index (κ1) is 17.5. The van der Waals surface area contributed by atoms with Crippen LogP contribution in [-0.4, -0.2) is 23.1 Å². The Morgan fingerprint density at radius 1 is 1.00 bits per heavy atom. The number of rotatable bonds is 5. The molecule has 4 nitrogen and oxygen atoms in total. The molecule has 0 amide bonds. The summed E-state index contributed by atoms with van der Waals surface area (Å²) < 4.78 is 18.9. The zero-order chi connectivity index (χ0) is 18.5. The second-order valence-electron chi connectivity index (χ2n) is 5.79. The second kappa shape index (κ2) is 7.70. The van der Waals surface area contributed by atoms with Gasteiger partial charge >= 0.3 is 0 Å². The van der Waals surface area contributed by atoms with Gasteiger partial charge in [0.1, 0.15) is 5.75 Å². The molecule has 0 aliphatic carbocycles. The van der Waals surface area contributed by atoms with Crippen LogP contribution in [0, 0.1) is 5.82 Å². The minimum absolute atomic E-state index is 0.00790. The lowest BCUT2D eigenvalue weighted by Crippen LogP contribution is -2.06. The van der Waals surface area contributed by atoms with Crippen LogP contribution in [0.3, 0.4) is 0 Å². The van der Waals surface area contributed by atoms with E-state index in [1.54, 1.807) is 24.3 Å². The highest BCUT2D eigenvalue weighted by atomic mass is 19.1. The van der Waals surface area contributed by atoms with Crippen LogP contribution in [0.25, 0.3) is 11.1 Å². The third kappa shape index (κ3) is 3.67. The number of oxime groups is 1. The molecule has 0 unspecified atom stereocenters. The van der Waals surface area contributed by atoms with Gasteiger partial charge in [0.05, 0.1) is 12.8 Å². The molecule has 3 rings (SSSR count). The Morgan fingerprint density at radius 2 is 1.69 bits per heavy atom. The fourth-order valence-electron chi connectivity index (χ4n) is 2.77. The summed E-state index contributed by atoms with van der Waals surface area (Å²) in [5, 5.41) is 23.0. The summed E-state index contributed by atoms with van der Waals surface area (Å²) in [5.41, 5.74) is 2.98. The van der Waals surface area contributed by atoms with E-state index in [9.17, 15) is 14.7 Å². The van der Waals surface area contributed by atoms with E-state index >= 15 is 0 Å². The highest BCUT2D eigenvalue weighted by Crippen LogP contribution is 2.30. The Hall–Kier alpha value is -3.34. The van der Waals surface area contributed by atoms with Gasteiger partial charge in [0, 0.05) is 12.0 Å². The maximum absolute atomic E-state index is 14.0. The van der Waals surface area contributed by atoms with E-state index in [0.29, 0.717) is 28.8 Å². The Labute approximate surface area is 150 Å². The van der Waals surface area contributed by atoms with Gasteiger partial charge in [0.15, 0.2) is 11.6 Å². The Kier molecular flexibility index (Phi) is 5.17. The van der Waals surface area contributed by atoms with Crippen molar-refractivity contribution in [2.24, 2.45) is 5.16 Å². The van der Waals surface area contributed by atoms with Crippen molar-refractivity contribution < 1.29 is 19.4 Å². The van der Waals surface area contributed by atoms with Crippen molar-refractivity contribution in [1.82, 2.24) is 0 Å². The first-order chi connectivity index (χ1) is 12.6. The quantitative estimate of drug-likeness (QED) is 0.400. The molecular formula is C21H18FNO3. The molecule has 0 atom stereocenters. The van der Waals surface area contributed by atoms with Crippen molar-refractivity contribution in [3.63, 3.8) is 0 Å². The number of phenols is 1. The summed E-state index contributed by atoms with van der Waals surface area (Å²) in [6.07, 6.45) is 0.353. The predicted molar refractivity (Wildman–Crippen MR) is 98.5 cm³/mol. The molecule has 132 valence electrons. The summed E-state index contributed by atoms with van der Waals surface area (Å²) in [7, 11) is 1.41. The molecule has 5 heteroatoms. The predicted octanol–water partition coefficient (Wildman–Crippen LogP) is 4.63. The molecule has 0 aliphatic heterocycles. The molecule has 0 bridgehead atoms. The number of nitrogens with zero attached hydrogens (tertiary/aromatic N) is 1. The smallest absolute Gasteiger partial charge is 0.165 e. The number of phenolic OH excluding ortho intramolecular Hbond substituents is 1. The number of halogens is 1. The largest absolute Gasteiger partial charge is 0.507 e. The van der Waals surface area contributed by atoms with Crippen molar-refractivity contribution in [1.29, 1.82) is 0 Å². The van der Waals surface area contributed by atoms with Crippen LogP contribution in [0.1, 0.15) is 11.1 Å². The summed E-state index contributed by atoms with van der Waals surface area (Å²) in [6.45, 7) is 0. The highest BCUT2D eigenvalue weighted by molar-refractivity contribution is 6.04. The molecule has 0 radical (unpaired) electrons. The molecular weight excluding hydrogens is 333 g/mol. The van der Waals surface area contributed by atoms with Crippen molar-refractivity contribution in [2.75, 3.05) is 7.11 Å². The maximum atomic E-state index is 14.0. The number of hydrogen-bond donors (Lipinski definition) is 2. The molecule has 0 fully saturated rings. The van der Waals surface area contributed by atoms with E-state index in [0.717, 1.165) is 5.56 Å². The van der Waals surface area contributed by atoms with E-state index in [4.69, 9.17) is 4.74 Å². The minimum Gasteiger partial charge on any atom is -0.507 e. The Morgan fingerprint density at radius 3 is 2.35 bits per heavy atom. The third-order valence-corrected chi connectivity index (χ3v) is 4.13. The number of aromatic hydroxyl groups is 1. The van der Waals surface area contributed by atoms with Crippen molar-refractivity contribution in [3.05, 3.63) is 83.7 Å². The second-order valence-corrected chi connectivity index (χ2v) is 5.79. The van der Waals surface area contributed by atoms with Gasteiger partial charge in [-0.25, -0.2) is 4.39 Å². The standard InChI is InChI=1S/C21H18FNO3/c1-26-21-10-8-16(13-18(21)22)15-7-9-20(24)17(12-15)19(23-25)11-14-5-3-2-4-6-14/h2-10,12-13,24-25H,11H2,1H3/b23-19+. The SMILES string of the molecule is COc1ccc(-c2ccc(O)c(/C(Cc3ccccc3)=N/O)c2)cc1F. The highest BCUT2D eigenvalue weighted by Gasteiger charge is 2.13. The average molecular weight is 351 g/mol. The molecule has 2 N–H and O–H groups in total. The van der Waals surface area contributed by atoms with E-state index in [1.165, 1.54) is 19.2 Å². The van der Waals surface area contributed by atoms with E-state index in [1.807, 2.05) is 30.3 Å². The fraction of sp³-hybridized carbons (Fsp3) is 0.0952. The third-order valence-electron chi connectivity index (χ3n) is 4.13. The molecule has 3 aromatic rings. The van der Waals surface area contributed by atoms with Crippen molar-refractivity contribution >= 4 is 5.71 Å². The van der Waals surface area contributed by atoms with Gasteiger partial charge in [-0.3, -0.25) is 0 Å². The first-order valence-corrected chi connectivity index (χ1v) is 8.04. The normalized spacial score (nSPS) is 11.4. The van der Waals surface area contributed by atoms with Crippen LogP contribution in [0.15, 0.2) is 71.9 Å². The van der Waals surface area contributed by atoms with Crippen LogP contribution in [0.4, 0.5) is 4.39 Å². The zero-order valence-electron chi connectivity index (χ0n) is 14.2. The van der Waals surface area contributed by atoms with Gasteiger partial charge in [-0.15, -0.1) is 0 Å². The molecule has 0 saturated carbocycles. The van der Waals surface area contributed by atoms with Gasteiger partial charge in [0.2, 0.25) is 0 Å². The van der Waals surface area contributed by atoms with Crippen LogP contribution in [-0.2, 0) is 6.42 Å². The van der Waals surface area contributed by atoms with Crippen molar-refractivity contribution in [2.45, 2.75) is 6.42 Å². The Bertz CT molecular complexity index is 939. The van der Waals surface area contributed by atoms with Crippen LogP contribution < -0.4 is 4.74 Å². The minimum atomic E-state index is -0.472. The molecule has 26 heavy (non-hydrogen) atoms. The average Bonchev–Trinajstić information content (AvgIpc) is 2.67. The molecule has 0 heterocycles. The summed E-state index contributed by atoms with van der Waals surface area (Å²) >= 11 is 0. The summed E-state index contributed by atoms with van der Waals surface area (Å²) in [6, 6.07) is 19.0. The number of benzene rings is 3. The maximum Gasteiger partial charge on any atom is 0.165 e. The molecule has 0 spiro atoms. The van der Waals surface area contributed by atoms with E-state index in [2.05, 4.69) is 5.16 Å². The number of hydrogen-bond acceptors (Lipinski definition) is 4. The lowest BCUT2D eigenvalue weighted by molar-refractivity contribution is 0.318. The van der Waals surface area contributed by atoms with Gasteiger partial charge in [-0.1, -0.05) is 47.6 Å². The van der Waals surface area contributed by atoms with Crippen molar-refractivity contribution in [3.8, 4) is 22.6 Å². The lowest BCUT2D eigenvalue weighted by Gasteiger charge is -2.11. The first-order valence-electron chi connectivity index (χ1n) is 8.04. The van der Waals surface area contributed by atoms with Crippen LogP contribution in [0.5, 0.6) is 11.5 Å². The molecule has 3 aromatic carbocycles. The molecule has 0 aliphatic rings. The summed E-state index contributed by atoms with van der Waals surface area (Å²) in [5.74, 6) is -0.319. The Balaban J connectivity index is 1.98. The van der Waals surface area contributed by atoms with Gasteiger partial charge in [-0.2, -0.15) is 0 Å². The number of ether oxygens (including phenoxy) is 1. The van der Waals surface area contributed by atoms with Gasteiger partial charge in [0.25, 0.3) is 0 Å². The summed E-state index contributed by atoms with van der Waals surface area (Å²) in [4.78, 5) is 0.